The Morgan fingerprint density at radius 1 is 1.29 bits per heavy atom. The van der Waals surface area contributed by atoms with Crippen LogP contribution < -0.4 is 5.32 Å². The number of hydrogen-bond donors (Lipinski definition) is 1. The molecule has 4 nitrogen and oxygen atoms in total. The molecule has 6 heteroatoms. The van der Waals surface area contributed by atoms with E-state index in [1.807, 2.05) is 47.8 Å². The minimum absolute atomic E-state index is 0.00322. The highest BCUT2D eigenvalue weighted by Gasteiger charge is 2.53. The maximum absolute atomic E-state index is 12.6. The fraction of sp³-hybridized carbons (Fsp3) is 0.222. The highest BCUT2D eigenvalue weighted by molar-refractivity contribution is 7.13. The normalized spacial score (nSPS) is 15.2. The van der Waals surface area contributed by atoms with Crippen LogP contribution in [0, 0.1) is 0 Å². The molecule has 1 fully saturated rings. The number of halogens is 1. The molecule has 1 amide bonds. The van der Waals surface area contributed by atoms with E-state index in [-0.39, 0.29) is 5.91 Å². The number of thiophene rings is 1. The number of nitrogens with zero attached hydrogens (tertiary/aromatic N) is 1. The summed E-state index contributed by atoms with van der Waals surface area (Å²) in [7, 11) is 0. The van der Waals surface area contributed by atoms with Gasteiger partial charge in [0.05, 0.1) is 16.0 Å². The zero-order valence-electron chi connectivity index (χ0n) is 12.8. The summed E-state index contributed by atoms with van der Waals surface area (Å²) < 4.78 is 5.43. The van der Waals surface area contributed by atoms with Crippen molar-refractivity contribution < 1.29 is 9.32 Å². The molecule has 3 aromatic rings. The summed E-state index contributed by atoms with van der Waals surface area (Å²) in [6.45, 7) is 0.480. The summed E-state index contributed by atoms with van der Waals surface area (Å²) >= 11 is 7.47. The van der Waals surface area contributed by atoms with Crippen molar-refractivity contribution in [2.45, 2.75) is 24.8 Å². The van der Waals surface area contributed by atoms with Gasteiger partial charge in [0.25, 0.3) is 0 Å². The molecular formula is C18H15ClN2O2S. The first kappa shape index (κ1) is 15.4. The van der Waals surface area contributed by atoms with Crippen LogP contribution in [-0.2, 0) is 16.8 Å². The molecule has 0 atom stereocenters. The van der Waals surface area contributed by atoms with E-state index in [9.17, 15) is 4.79 Å². The molecule has 2 aromatic heterocycles. The average molecular weight is 359 g/mol. The van der Waals surface area contributed by atoms with Crippen molar-refractivity contribution in [2.75, 3.05) is 0 Å². The van der Waals surface area contributed by atoms with Crippen molar-refractivity contribution in [2.24, 2.45) is 0 Å². The molecule has 2 heterocycles. The van der Waals surface area contributed by atoms with E-state index < -0.39 is 5.41 Å². The lowest BCUT2D eigenvalue weighted by molar-refractivity contribution is -0.123. The Morgan fingerprint density at radius 2 is 2.08 bits per heavy atom. The number of benzene rings is 1. The molecule has 1 saturated carbocycles. The molecule has 4 rings (SSSR count). The second-order valence-electron chi connectivity index (χ2n) is 5.94. The van der Waals surface area contributed by atoms with Gasteiger partial charge in [-0.15, -0.1) is 11.3 Å². The first-order valence-electron chi connectivity index (χ1n) is 7.71. The van der Waals surface area contributed by atoms with Crippen LogP contribution >= 0.6 is 22.9 Å². The number of amides is 1. The van der Waals surface area contributed by atoms with E-state index in [0.717, 1.165) is 34.7 Å². The second kappa shape index (κ2) is 6.07. The van der Waals surface area contributed by atoms with Gasteiger partial charge in [-0.25, -0.2) is 0 Å². The largest absolute Gasteiger partial charge is 0.355 e. The Kier molecular flexibility index (Phi) is 3.90. The van der Waals surface area contributed by atoms with Crippen LogP contribution in [0.4, 0.5) is 0 Å². The van der Waals surface area contributed by atoms with Crippen molar-refractivity contribution in [3.63, 3.8) is 0 Å². The molecule has 1 N–H and O–H groups in total. The fourth-order valence-electron chi connectivity index (χ4n) is 2.71. The molecule has 0 unspecified atom stereocenters. The summed E-state index contributed by atoms with van der Waals surface area (Å²) in [6, 6.07) is 13.3. The third-order valence-corrected chi connectivity index (χ3v) is 5.45. The van der Waals surface area contributed by atoms with E-state index in [1.54, 1.807) is 11.3 Å². The van der Waals surface area contributed by atoms with Gasteiger partial charge in [-0.3, -0.25) is 4.79 Å². The van der Waals surface area contributed by atoms with Crippen LogP contribution in [0.5, 0.6) is 0 Å². The summed E-state index contributed by atoms with van der Waals surface area (Å²) in [6.07, 6.45) is 1.60. The van der Waals surface area contributed by atoms with Gasteiger partial charge in [0.15, 0.2) is 5.76 Å². The Labute approximate surface area is 148 Å². The highest BCUT2D eigenvalue weighted by Crippen LogP contribution is 2.48. The first-order valence-corrected chi connectivity index (χ1v) is 8.97. The molecule has 0 spiro atoms. The summed E-state index contributed by atoms with van der Waals surface area (Å²) in [5.41, 5.74) is 1.20. The predicted octanol–water partition coefficient (Wildman–Crippen LogP) is 4.40. The molecule has 1 aliphatic carbocycles. The topological polar surface area (TPSA) is 55.1 Å². The quantitative estimate of drug-likeness (QED) is 0.735. The number of hydrogen-bond acceptors (Lipinski definition) is 4. The van der Waals surface area contributed by atoms with E-state index in [4.69, 9.17) is 16.1 Å². The Balaban J connectivity index is 1.47. The molecule has 0 radical (unpaired) electrons. The molecule has 0 aliphatic heterocycles. The van der Waals surface area contributed by atoms with E-state index in [0.29, 0.717) is 11.6 Å². The molecule has 1 aromatic carbocycles. The number of carbonyl (C=O) groups excluding carboxylic acids is 1. The van der Waals surface area contributed by atoms with Crippen LogP contribution in [0.1, 0.15) is 24.1 Å². The van der Waals surface area contributed by atoms with E-state index in [2.05, 4.69) is 10.5 Å². The van der Waals surface area contributed by atoms with Gasteiger partial charge < -0.3 is 9.84 Å². The van der Waals surface area contributed by atoms with Gasteiger partial charge in [-0.1, -0.05) is 35.0 Å². The monoisotopic (exact) mass is 358 g/mol. The van der Waals surface area contributed by atoms with Crippen molar-refractivity contribution in [1.82, 2.24) is 10.5 Å². The third-order valence-electron chi connectivity index (χ3n) is 4.32. The van der Waals surface area contributed by atoms with Crippen LogP contribution in [0.2, 0.25) is 5.02 Å². The third kappa shape index (κ3) is 2.85. The number of nitrogens with one attached hydrogen (secondary N) is 1. The molecule has 122 valence electrons. The van der Waals surface area contributed by atoms with Crippen LogP contribution in [-0.4, -0.2) is 11.1 Å². The molecule has 0 saturated heterocycles. The summed E-state index contributed by atoms with van der Waals surface area (Å²) in [4.78, 5) is 13.7. The first-order chi connectivity index (χ1) is 11.7. The molecular weight excluding hydrogens is 344 g/mol. The van der Waals surface area contributed by atoms with Crippen LogP contribution in [0.3, 0.4) is 0 Å². The van der Waals surface area contributed by atoms with Crippen LogP contribution in [0.25, 0.3) is 10.6 Å². The number of carbonyl (C=O) groups is 1. The van der Waals surface area contributed by atoms with Gasteiger partial charge in [0, 0.05) is 17.6 Å². The van der Waals surface area contributed by atoms with Crippen molar-refractivity contribution >= 4 is 28.8 Å². The average Bonchev–Trinajstić information content (AvgIpc) is 3.02. The zero-order chi connectivity index (χ0) is 16.6. The molecule has 0 bridgehead atoms. The fourth-order valence-corrected chi connectivity index (χ4v) is 3.51. The van der Waals surface area contributed by atoms with Gasteiger partial charge in [-0.05, 0) is 42.0 Å². The lowest BCUT2D eigenvalue weighted by Crippen LogP contribution is -2.34. The van der Waals surface area contributed by atoms with Gasteiger partial charge in [0.2, 0.25) is 5.91 Å². The Morgan fingerprint density at radius 3 is 2.75 bits per heavy atom. The van der Waals surface area contributed by atoms with E-state index >= 15 is 0 Å². The lowest BCUT2D eigenvalue weighted by atomic mass is 10.0. The van der Waals surface area contributed by atoms with Crippen molar-refractivity contribution in [1.29, 1.82) is 0 Å². The number of rotatable bonds is 5. The van der Waals surface area contributed by atoms with Crippen LogP contribution in [0.15, 0.2) is 52.4 Å². The minimum atomic E-state index is -0.536. The summed E-state index contributed by atoms with van der Waals surface area (Å²) in [5, 5.41) is 9.83. The maximum atomic E-state index is 12.6. The Hall–Kier alpha value is -2.11. The van der Waals surface area contributed by atoms with Gasteiger partial charge in [-0.2, -0.15) is 0 Å². The summed E-state index contributed by atoms with van der Waals surface area (Å²) in [5.74, 6) is 0.722. The lowest BCUT2D eigenvalue weighted by Gasteiger charge is -2.12. The second-order valence-corrected chi connectivity index (χ2v) is 7.33. The van der Waals surface area contributed by atoms with Crippen molar-refractivity contribution in [3.8, 4) is 10.6 Å². The van der Waals surface area contributed by atoms with Gasteiger partial charge in [0.1, 0.15) is 0 Å². The maximum Gasteiger partial charge on any atom is 0.232 e. The zero-order valence-corrected chi connectivity index (χ0v) is 14.4. The SMILES string of the molecule is O=C(NCc1ccc(Cl)cc1)C1(c2cc(-c3cccs3)on2)CC1. The molecule has 1 aliphatic rings. The minimum Gasteiger partial charge on any atom is -0.355 e. The van der Waals surface area contributed by atoms with Gasteiger partial charge >= 0.3 is 0 Å². The highest BCUT2D eigenvalue weighted by atomic mass is 35.5. The molecule has 24 heavy (non-hydrogen) atoms. The smallest absolute Gasteiger partial charge is 0.232 e. The standard InChI is InChI=1S/C18H15ClN2O2S/c19-13-5-3-12(4-6-13)11-20-17(22)18(7-8-18)16-10-14(23-21-16)15-2-1-9-24-15/h1-6,9-10H,7-8,11H2,(H,20,22). The Bertz CT molecular complexity index is 852. The van der Waals surface area contributed by atoms with E-state index in [1.165, 1.54) is 0 Å². The van der Waals surface area contributed by atoms with Crippen molar-refractivity contribution in [3.05, 3.63) is 64.1 Å². The number of aromatic nitrogens is 1. The predicted molar refractivity (Wildman–Crippen MR) is 94.0 cm³/mol.